The van der Waals surface area contributed by atoms with E-state index in [1.807, 2.05) is 13.8 Å². The van der Waals surface area contributed by atoms with Crippen LogP contribution in [0.1, 0.15) is 26.7 Å². The van der Waals surface area contributed by atoms with Gasteiger partial charge in [-0.1, -0.05) is 6.92 Å². The Hall–Kier alpha value is -1.37. The third kappa shape index (κ3) is 4.66. The lowest BCUT2D eigenvalue weighted by atomic mass is 10.3. The number of carbonyl (C=O) groups is 1. The van der Waals surface area contributed by atoms with Crippen molar-refractivity contribution in [1.29, 1.82) is 0 Å². The molecule has 0 atom stereocenters. The molecule has 1 heterocycles. The molecule has 6 nitrogen and oxygen atoms in total. The van der Waals surface area contributed by atoms with Crippen LogP contribution < -0.4 is 16.2 Å². The van der Waals surface area contributed by atoms with Gasteiger partial charge < -0.3 is 10.6 Å². The highest BCUT2D eigenvalue weighted by Gasteiger charge is 2.08. The van der Waals surface area contributed by atoms with Crippen molar-refractivity contribution in [2.45, 2.75) is 33.2 Å². The standard InChI is InChI=1S/C12H19BrN4O2/c1-3-6-15-10(18)5-7-14-9-8-16-17(4-2)12(19)11(9)13/h8,14H,3-7H2,1-2H3,(H,15,18). The minimum atomic E-state index is -0.178. The van der Waals surface area contributed by atoms with Crippen LogP contribution in [0.25, 0.3) is 0 Å². The zero-order chi connectivity index (χ0) is 14.3. The van der Waals surface area contributed by atoms with Crippen LogP contribution in [0.4, 0.5) is 5.69 Å². The van der Waals surface area contributed by atoms with Crippen LogP contribution in [-0.4, -0.2) is 28.8 Å². The maximum absolute atomic E-state index is 11.8. The van der Waals surface area contributed by atoms with Crippen LogP contribution in [0.5, 0.6) is 0 Å². The Balaban J connectivity index is 2.53. The van der Waals surface area contributed by atoms with Crippen molar-refractivity contribution >= 4 is 27.5 Å². The zero-order valence-electron chi connectivity index (χ0n) is 11.2. The van der Waals surface area contributed by atoms with Gasteiger partial charge in [-0.3, -0.25) is 9.59 Å². The van der Waals surface area contributed by atoms with E-state index < -0.39 is 0 Å². The van der Waals surface area contributed by atoms with Crippen LogP contribution >= 0.6 is 15.9 Å². The molecule has 0 aliphatic carbocycles. The number of amides is 1. The molecule has 7 heteroatoms. The van der Waals surface area contributed by atoms with Crippen LogP contribution in [0.2, 0.25) is 0 Å². The van der Waals surface area contributed by atoms with E-state index in [4.69, 9.17) is 0 Å². The Morgan fingerprint density at radius 2 is 2.16 bits per heavy atom. The zero-order valence-corrected chi connectivity index (χ0v) is 12.8. The number of nitrogens with zero attached hydrogens (tertiary/aromatic N) is 2. The molecule has 106 valence electrons. The third-order valence-corrected chi connectivity index (χ3v) is 3.29. The largest absolute Gasteiger partial charge is 0.382 e. The lowest BCUT2D eigenvalue weighted by Crippen LogP contribution is -2.27. The first-order chi connectivity index (χ1) is 9.10. The fourth-order valence-electron chi connectivity index (χ4n) is 1.48. The highest BCUT2D eigenvalue weighted by Crippen LogP contribution is 2.15. The van der Waals surface area contributed by atoms with Crippen LogP contribution in [0.3, 0.4) is 0 Å². The first kappa shape index (κ1) is 15.7. The Labute approximate surface area is 120 Å². The van der Waals surface area contributed by atoms with Gasteiger partial charge in [-0.15, -0.1) is 0 Å². The van der Waals surface area contributed by atoms with Crippen molar-refractivity contribution in [2.24, 2.45) is 0 Å². The number of rotatable bonds is 7. The molecule has 1 aromatic rings. The minimum absolute atomic E-state index is 0.000307. The number of halogens is 1. The van der Waals surface area contributed by atoms with E-state index in [2.05, 4.69) is 31.7 Å². The highest BCUT2D eigenvalue weighted by atomic mass is 79.9. The van der Waals surface area contributed by atoms with Gasteiger partial charge in [-0.05, 0) is 29.3 Å². The summed E-state index contributed by atoms with van der Waals surface area (Å²) in [6, 6.07) is 0. The fraction of sp³-hybridized carbons (Fsp3) is 0.583. The Morgan fingerprint density at radius 3 is 2.79 bits per heavy atom. The molecule has 1 amide bonds. The summed E-state index contributed by atoms with van der Waals surface area (Å²) in [4.78, 5) is 23.2. The quantitative estimate of drug-likeness (QED) is 0.791. The fourth-order valence-corrected chi connectivity index (χ4v) is 1.92. The Kier molecular flexibility index (Phi) is 6.55. The molecule has 0 saturated carbocycles. The summed E-state index contributed by atoms with van der Waals surface area (Å²) in [7, 11) is 0. The van der Waals surface area contributed by atoms with Gasteiger partial charge in [0, 0.05) is 26.1 Å². The summed E-state index contributed by atoms with van der Waals surface area (Å²) in [5.74, 6) is 0.000307. The normalized spacial score (nSPS) is 10.3. The maximum Gasteiger partial charge on any atom is 0.283 e. The van der Waals surface area contributed by atoms with Crippen molar-refractivity contribution in [1.82, 2.24) is 15.1 Å². The van der Waals surface area contributed by atoms with Crippen LogP contribution in [-0.2, 0) is 11.3 Å². The molecule has 1 rings (SSSR count). The minimum Gasteiger partial charge on any atom is -0.382 e. The predicted molar refractivity (Wildman–Crippen MR) is 78.3 cm³/mol. The number of aryl methyl sites for hydroxylation is 1. The molecule has 0 aliphatic heterocycles. The molecule has 2 N–H and O–H groups in total. The number of anilines is 1. The molecular formula is C12H19BrN4O2. The van der Waals surface area contributed by atoms with E-state index in [-0.39, 0.29) is 11.5 Å². The van der Waals surface area contributed by atoms with Crippen molar-refractivity contribution in [2.75, 3.05) is 18.4 Å². The lowest BCUT2D eigenvalue weighted by molar-refractivity contribution is -0.120. The smallest absolute Gasteiger partial charge is 0.283 e. The van der Waals surface area contributed by atoms with E-state index in [0.29, 0.717) is 36.2 Å². The number of carbonyl (C=O) groups excluding carboxylic acids is 1. The molecule has 0 spiro atoms. The second kappa shape index (κ2) is 7.93. The second-order valence-corrected chi connectivity index (χ2v) is 4.81. The van der Waals surface area contributed by atoms with Gasteiger partial charge in [0.1, 0.15) is 4.47 Å². The van der Waals surface area contributed by atoms with Crippen molar-refractivity contribution in [3.05, 3.63) is 21.0 Å². The summed E-state index contributed by atoms with van der Waals surface area (Å²) in [5.41, 5.74) is 0.431. The van der Waals surface area contributed by atoms with Gasteiger partial charge in [0.15, 0.2) is 0 Å². The van der Waals surface area contributed by atoms with E-state index in [0.717, 1.165) is 6.42 Å². The summed E-state index contributed by atoms with van der Waals surface area (Å²) in [6.45, 7) is 5.54. The molecule has 0 fully saturated rings. The molecular weight excluding hydrogens is 312 g/mol. The SMILES string of the molecule is CCCNC(=O)CCNc1cnn(CC)c(=O)c1Br. The van der Waals surface area contributed by atoms with Crippen molar-refractivity contribution < 1.29 is 4.79 Å². The molecule has 1 aromatic heterocycles. The van der Waals surface area contributed by atoms with Gasteiger partial charge in [-0.25, -0.2) is 4.68 Å². The first-order valence-electron chi connectivity index (χ1n) is 6.36. The Morgan fingerprint density at radius 1 is 1.42 bits per heavy atom. The van der Waals surface area contributed by atoms with Crippen molar-refractivity contribution in [3.63, 3.8) is 0 Å². The molecule has 0 saturated heterocycles. The molecule has 0 aliphatic rings. The molecule has 0 radical (unpaired) electrons. The lowest BCUT2D eigenvalue weighted by Gasteiger charge is -2.09. The number of aromatic nitrogens is 2. The second-order valence-electron chi connectivity index (χ2n) is 4.02. The average Bonchev–Trinajstić information content (AvgIpc) is 2.41. The van der Waals surface area contributed by atoms with Gasteiger partial charge in [0.2, 0.25) is 5.91 Å². The molecule has 0 aromatic carbocycles. The average molecular weight is 331 g/mol. The number of nitrogens with one attached hydrogen (secondary N) is 2. The van der Waals surface area contributed by atoms with E-state index in [9.17, 15) is 9.59 Å². The van der Waals surface area contributed by atoms with Gasteiger partial charge in [0.25, 0.3) is 5.56 Å². The summed E-state index contributed by atoms with van der Waals surface area (Å²) >= 11 is 3.24. The highest BCUT2D eigenvalue weighted by molar-refractivity contribution is 9.10. The van der Waals surface area contributed by atoms with Crippen LogP contribution in [0, 0.1) is 0 Å². The summed E-state index contributed by atoms with van der Waals surface area (Å²) in [5, 5.41) is 9.84. The molecule has 0 bridgehead atoms. The topological polar surface area (TPSA) is 76.0 Å². The third-order valence-electron chi connectivity index (χ3n) is 2.52. The van der Waals surface area contributed by atoms with E-state index >= 15 is 0 Å². The maximum atomic E-state index is 11.8. The molecule has 0 unspecified atom stereocenters. The van der Waals surface area contributed by atoms with Gasteiger partial charge in [-0.2, -0.15) is 5.10 Å². The Bertz CT molecular complexity index is 487. The summed E-state index contributed by atoms with van der Waals surface area (Å²) in [6.07, 6.45) is 2.87. The van der Waals surface area contributed by atoms with Crippen molar-refractivity contribution in [3.8, 4) is 0 Å². The van der Waals surface area contributed by atoms with Gasteiger partial charge in [0.05, 0.1) is 11.9 Å². The number of hydrogen-bond donors (Lipinski definition) is 2. The number of hydrogen-bond acceptors (Lipinski definition) is 4. The summed E-state index contributed by atoms with van der Waals surface area (Å²) < 4.78 is 1.81. The monoisotopic (exact) mass is 330 g/mol. The molecule has 19 heavy (non-hydrogen) atoms. The van der Waals surface area contributed by atoms with Gasteiger partial charge >= 0.3 is 0 Å². The van der Waals surface area contributed by atoms with E-state index in [1.54, 1.807) is 6.20 Å². The van der Waals surface area contributed by atoms with E-state index in [1.165, 1.54) is 4.68 Å². The first-order valence-corrected chi connectivity index (χ1v) is 7.15. The predicted octanol–water partition coefficient (Wildman–Crippen LogP) is 1.35. The van der Waals surface area contributed by atoms with Crippen LogP contribution in [0.15, 0.2) is 15.5 Å².